The molecule has 1 aliphatic carbocycles. The molecule has 1 heterocycles. The second-order valence-corrected chi connectivity index (χ2v) is 7.51. The van der Waals surface area contributed by atoms with Crippen molar-refractivity contribution < 1.29 is 18.7 Å². The fourth-order valence-corrected chi connectivity index (χ4v) is 3.59. The summed E-state index contributed by atoms with van der Waals surface area (Å²) in [6.45, 7) is 0.195. The third kappa shape index (κ3) is 4.89. The number of ether oxygens (including phenoxy) is 2. The number of nitrogens with two attached hydrogens (primary N) is 1. The first-order chi connectivity index (χ1) is 13.9. The van der Waals surface area contributed by atoms with Crippen LogP contribution in [-0.4, -0.2) is 31.1 Å². The maximum atomic E-state index is 14.8. The monoisotopic (exact) mass is 438 g/mol. The summed E-state index contributed by atoms with van der Waals surface area (Å²) in [4.78, 5) is 16.9. The summed E-state index contributed by atoms with van der Waals surface area (Å²) in [6.07, 6.45) is 6.47. The van der Waals surface area contributed by atoms with E-state index in [1.807, 2.05) is 0 Å². The third-order valence-electron chi connectivity index (χ3n) is 4.68. The van der Waals surface area contributed by atoms with Crippen LogP contribution in [0.1, 0.15) is 36.2 Å². The summed E-state index contributed by atoms with van der Waals surface area (Å²) in [7, 11) is 1.31. The number of nitrogen functional groups attached to an aromatic ring is 1. The Labute approximate surface area is 178 Å². The molecule has 0 amide bonds. The van der Waals surface area contributed by atoms with E-state index in [1.54, 1.807) is 0 Å². The lowest BCUT2D eigenvalue weighted by Gasteiger charge is -2.14. The van der Waals surface area contributed by atoms with Crippen LogP contribution >= 0.6 is 23.2 Å². The molecule has 0 bridgehead atoms. The molecular weight excluding hydrogens is 418 g/mol. The SMILES string of the molecule is COc1c(Cl)ccc(-c2cc(N)c(Cl)c(C(=O)COCC3=CCCCC3)n2)c1F. The predicted octanol–water partition coefficient (Wildman–Crippen LogP) is 5.49. The van der Waals surface area contributed by atoms with Gasteiger partial charge in [-0.3, -0.25) is 4.79 Å². The molecule has 0 saturated heterocycles. The summed E-state index contributed by atoms with van der Waals surface area (Å²) in [5, 5.41) is 0.137. The first kappa shape index (κ1) is 21.6. The van der Waals surface area contributed by atoms with Crippen molar-refractivity contribution in [3.05, 3.63) is 51.4 Å². The number of aromatic nitrogens is 1. The molecule has 2 aromatic rings. The average Bonchev–Trinajstić information content (AvgIpc) is 2.71. The van der Waals surface area contributed by atoms with E-state index in [9.17, 15) is 9.18 Å². The van der Waals surface area contributed by atoms with Gasteiger partial charge >= 0.3 is 0 Å². The number of hydrogen-bond donors (Lipinski definition) is 1. The molecule has 3 rings (SSSR count). The number of carbonyl (C=O) groups is 1. The van der Waals surface area contributed by atoms with Gasteiger partial charge in [-0.25, -0.2) is 9.37 Å². The Morgan fingerprint density at radius 1 is 1.31 bits per heavy atom. The summed E-state index contributed by atoms with van der Waals surface area (Å²) >= 11 is 12.1. The minimum atomic E-state index is -0.701. The number of Topliss-reactive ketones (excluding diaryl/α,β-unsaturated/α-hetero) is 1. The Morgan fingerprint density at radius 2 is 2.10 bits per heavy atom. The van der Waals surface area contributed by atoms with Crippen LogP contribution in [0.15, 0.2) is 29.8 Å². The number of hydrogen-bond acceptors (Lipinski definition) is 5. The van der Waals surface area contributed by atoms with E-state index in [2.05, 4.69) is 11.1 Å². The minimum Gasteiger partial charge on any atom is -0.492 e. The van der Waals surface area contributed by atoms with Crippen LogP contribution in [-0.2, 0) is 4.74 Å². The number of anilines is 1. The van der Waals surface area contributed by atoms with Crippen molar-refractivity contribution in [1.82, 2.24) is 4.98 Å². The number of allylic oxidation sites excluding steroid dienone is 1. The molecule has 1 aliphatic rings. The van der Waals surface area contributed by atoms with Crippen LogP contribution < -0.4 is 10.5 Å². The van der Waals surface area contributed by atoms with Gasteiger partial charge in [-0.15, -0.1) is 0 Å². The maximum absolute atomic E-state index is 14.8. The van der Waals surface area contributed by atoms with Gasteiger partial charge in [-0.2, -0.15) is 0 Å². The maximum Gasteiger partial charge on any atom is 0.208 e. The highest BCUT2D eigenvalue weighted by molar-refractivity contribution is 6.36. The molecule has 0 aliphatic heterocycles. The van der Waals surface area contributed by atoms with Crippen molar-refractivity contribution >= 4 is 34.7 Å². The number of carbonyl (C=O) groups excluding carboxylic acids is 1. The molecule has 1 aromatic carbocycles. The van der Waals surface area contributed by atoms with E-state index in [1.165, 1.54) is 37.3 Å². The van der Waals surface area contributed by atoms with Crippen LogP contribution in [0.3, 0.4) is 0 Å². The number of pyridine rings is 1. The van der Waals surface area contributed by atoms with Crippen molar-refractivity contribution in [3.8, 4) is 17.0 Å². The number of methoxy groups -OCH3 is 1. The highest BCUT2D eigenvalue weighted by Crippen LogP contribution is 2.36. The van der Waals surface area contributed by atoms with Crippen LogP contribution in [0.5, 0.6) is 5.75 Å². The Bertz CT molecular complexity index is 963. The molecule has 0 atom stereocenters. The number of rotatable bonds is 7. The summed E-state index contributed by atoms with van der Waals surface area (Å²) in [6, 6.07) is 4.32. The fourth-order valence-electron chi connectivity index (χ4n) is 3.17. The summed E-state index contributed by atoms with van der Waals surface area (Å²) in [5.74, 6) is -1.24. The number of halogens is 3. The van der Waals surface area contributed by atoms with E-state index in [4.69, 9.17) is 38.4 Å². The second-order valence-electron chi connectivity index (χ2n) is 6.73. The smallest absolute Gasteiger partial charge is 0.208 e. The summed E-state index contributed by atoms with van der Waals surface area (Å²) in [5.41, 5.74) is 7.42. The zero-order valence-corrected chi connectivity index (χ0v) is 17.4. The van der Waals surface area contributed by atoms with Crippen molar-refractivity contribution in [2.45, 2.75) is 25.7 Å². The highest BCUT2D eigenvalue weighted by atomic mass is 35.5. The van der Waals surface area contributed by atoms with Gasteiger partial charge in [0, 0.05) is 5.56 Å². The standard InChI is InChI=1S/C21H21Cl2FN2O3/c1-28-21-14(22)8-7-13(19(21)24)16-9-15(25)18(23)20(26-16)17(27)11-29-10-12-5-3-2-4-6-12/h5,7-9H,2-4,6,10-11H2,1H3,(H2,25,26). The van der Waals surface area contributed by atoms with E-state index in [0.717, 1.165) is 19.3 Å². The zero-order chi connectivity index (χ0) is 21.0. The van der Waals surface area contributed by atoms with Gasteiger partial charge in [0.2, 0.25) is 5.78 Å². The molecule has 0 fully saturated rings. The Balaban J connectivity index is 1.84. The molecule has 2 N–H and O–H groups in total. The lowest BCUT2D eigenvalue weighted by atomic mass is 10.0. The van der Waals surface area contributed by atoms with Gasteiger partial charge in [0.1, 0.15) is 12.3 Å². The average molecular weight is 439 g/mol. The Kier molecular flexibility index (Phi) is 7.11. The summed E-state index contributed by atoms with van der Waals surface area (Å²) < 4.78 is 25.3. The minimum absolute atomic E-state index is 0.0144. The number of nitrogens with zero attached hydrogens (tertiary/aromatic N) is 1. The molecule has 0 unspecified atom stereocenters. The molecule has 1 aromatic heterocycles. The zero-order valence-electron chi connectivity index (χ0n) is 15.9. The molecule has 154 valence electrons. The van der Waals surface area contributed by atoms with Crippen molar-refractivity contribution in [3.63, 3.8) is 0 Å². The lowest BCUT2D eigenvalue weighted by molar-refractivity contribution is 0.0789. The Hall–Kier alpha value is -2.15. The normalized spacial score (nSPS) is 13.9. The van der Waals surface area contributed by atoms with Gasteiger partial charge < -0.3 is 15.2 Å². The van der Waals surface area contributed by atoms with Crippen LogP contribution in [0, 0.1) is 5.82 Å². The van der Waals surface area contributed by atoms with E-state index in [-0.39, 0.29) is 45.0 Å². The molecule has 29 heavy (non-hydrogen) atoms. The second kappa shape index (κ2) is 9.57. The molecule has 0 saturated carbocycles. The van der Waals surface area contributed by atoms with Gasteiger partial charge in [-0.05, 0) is 49.5 Å². The van der Waals surface area contributed by atoms with Crippen LogP contribution in [0.4, 0.5) is 10.1 Å². The van der Waals surface area contributed by atoms with E-state index >= 15 is 0 Å². The third-order valence-corrected chi connectivity index (χ3v) is 5.38. The van der Waals surface area contributed by atoms with Crippen molar-refractivity contribution in [1.29, 1.82) is 0 Å². The van der Waals surface area contributed by atoms with E-state index < -0.39 is 11.6 Å². The van der Waals surface area contributed by atoms with Crippen molar-refractivity contribution in [2.75, 3.05) is 26.1 Å². The molecule has 5 nitrogen and oxygen atoms in total. The van der Waals surface area contributed by atoms with Crippen molar-refractivity contribution in [2.24, 2.45) is 0 Å². The molecule has 0 spiro atoms. The molecular formula is C21H21Cl2FN2O3. The Morgan fingerprint density at radius 3 is 2.79 bits per heavy atom. The largest absolute Gasteiger partial charge is 0.492 e. The molecule has 8 heteroatoms. The van der Waals surface area contributed by atoms with E-state index in [0.29, 0.717) is 6.61 Å². The quantitative estimate of drug-likeness (QED) is 0.457. The predicted molar refractivity (Wildman–Crippen MR) is 112 cm³/mol. The van der Waals surface area contributed by atoms with Gasteiger partial charge in [0.25, 0.3) is 0 Å². The fraction of sp³-hybridized carbons (Fsp3) is 0.333. The van der Waals surface area contributed by atoms with Crippen LogP contribution in [0.25, 0.3) is 11.3 Å². The topological polar surface area (TPSA) is 74.4 Å². The van der Waals surface area contributed by atoms with Gasteiger partial charge in [-0.1, -0.05) is 29.3 Å². The molecule has 0 radical (unpaired) electrons. The van der Waals surface area contributed by atoms with Gasteiger partial charge in [0.05, 0.1) is 35.1 Å². The lowest BCUT2D eigenvalue weighted by Crippen LogP contribution is -2.15. The van der Waals surface area contributed by atoms with Gasteiger partial charge in [0.15, 0.2) is 11.6 Å². The number of ketones is 1. The first-order valence-corrected chi connectivity index (χ1v) is 9.95. The number of benzene rings is 1. The first-order valence-electron chi connectivity index (χ1n) is 9.19. The van der Waals surface area contributed by atoms with Crippen LogP contribution in [0.2, 0.25) is 10.0 Å². The highest BCUT2D eigenvalue weighted by Gasteiger charge is 2.21.